The smallest absolute Gasteiger partial charge is 0.229 e. The SMILES string of the molecule is Cc1cc(-c2cnoc2N)cc(C(C)(C)C)c1O. The molecule has 1 aromatic heterocycles. The highest BCUT2D eigenvalue weighted by Crippen LogP contribution is 2.38. The Morgan fingerprint density at radius 1 is 1.28 bits per heavy atom. The largest absolute Gasteiger partial charge is 0.507 e. The molecule has 0 saturated carbocycles. The zero-order valence-electron chi connectivity index (χ0n) is 11.1. The summed E-state index contributed by atoms with van der Waals surface area (Å²) in [5, 5.41) is 13.8. The highest BCUT2D eigenvalue weighted by Gasteiger charge is 2.21. The van der Waals surface area contributed by atoms with Crippen LogP contribution in [0.5, 0.6) is 5.75 Å². The highest BCUT2D eigenvalue weighted by atomic mass is 16.5. The van der Waals surface area contributed by atoms with Crippen LogP contribution in [-0.2, 0) is 5.41 Å². The number of hydrogen-bond donors (Lipinski definition) is 2. The molecule has 4 heteroatoms. The van der Waals surface area contributed by atoms with Crippen molar-refractivity contribution in [1.82, 2.24) is 5.16 Å². The first-order chi connectivity index (χ1) is 8.30. The van der Waals surface area contributed by atoms with Gasteiger partial charge in [-0.05, 0) is 35.6 Å². The third kappa shape index (κ3) is 2.06. The maximum atomic E-state index is 10.2. The molecule has 0 amide bonds. The first-order valence-corrected chi connectivity index (χ1v) is 5.85. The van der Waals surface area contributed by atoms with E-state index in [1.54, 1.807) is 6.20 Å². The van der Waals surface area contributed by atoms with E-state index >= 15 is 0 Å². The third-order valence-electron chi connectivity index (χ3n) is 3.02. The van der Waals surface area contributed by atoms with Crippen LogP contribution < -0.4 is 5.73 Å². The molecule has 3 N–H and O–H groups in total. The van der Waals surface area contributed by atoms with Crippen LogP contribution >= 0.6 is 0 Å². The summed E-state index contributed by atoms with van der Waals surface area (Å²) < 4.78 is 4.88. The van der Waals surface area contributed by atoms with Crippen LogP contribution in [0.4, 0.5) is 5.88 Å². The van der Waals surface area contributed by atoms with E-state index in [9.17, 15) is 5.11 Å². The van der Waals surface area contributed by atoms with Crippen molar-refractivity contribution >= 4 is 5.88 Å². The second-order valence-electron chi connectivity index (χ2n) is 5.54. The number of nitrogens with zero attached hydrogens (tertiary/aromatic N) is 1. The minimum Gasteiger partial charge on any atom is -0.507 e. The molecule has 1 heterocycles. The van der Waals surface area contributed by atoms with E-state index in [1.165, 1.54) is 0 Å². The molecule has 2 rings (SSSR count). The van der Waals surface area contributed by atoms with Gasteiger partial charge in [-0.3, -0.25) is 0 Å². The van der Waals surface area contributed by atoms with Crippen LogP contribution in [0.3, 0.4) is 0 Å². The lowest BCUT2D eigenvalue weighted by Crippen LogP contribution is -2.12. The van der Waals surface area contributed by atoms with E-state index in [-0.39, 0.29) is 5.41 Å². The van der Waals surface area contributed by atoms with Crippen molar-refractivity contribution in [1.29, 1.82) is 0 Å². The number of benzene rings is 1. The molecule has 18 heavy (non-hydrogen) atoms. The summed E-state index contributed by atoms with van der Waals surface area (Å²) in [6.07, 6.45) is 1.59. The average Bonchev–Trinajstić information content (AvgIpc) is 2.66. The number of aryl methyl sites for hydroxylation is 1. The summed E-state index contributed by atoms with van der Waals surface area (Å²) in [6.45, 7) is 8.05. The topological polar surface area (TPSA) is 72.3 Å². The van der Waals surface area contributed by atoms with E-state index in [4.69, 9.17) is 10.3 Å². The van der Waals surface area contributed by atoms with Crippen LogP contribution in [-0.4, -0.2) is 10.3 Å². The molecule has 0 aliphatic heterocycles. The fraction of sp³-hybridized carbons (Fsp3) is 0.357. The number of nitrogen functional groups attached to an aromatic ring is 1. The summed E-state index contributed by atoms with van der Waals surface area (Å²) in [6, 6.07) is 3.82. The molecule has 0 aliphatic carbocycles. The molecule has 1 aromatic carbocycles. The second kappa shape index (κ2) is 4.05. The third-order valence-corrected chi connectivity index (χ3v) is 3.02. The number of aromatic nitrogens is 1. The molecular formula is C14H18N2O2. The van der Waals surface area contributed by atoms with E-state index < -0.39 is 0 Å². The van der Waals surface area contributed by atoms with Gasteiger partial charge in [-0.25, -0.2) is 0 Å². The Kier molecular flexibility index (Phi) is 2.81. The Balaban J connectivity index is 2.66. The minimum atomic E-state index is -0.142. The molecule has 4 nitrogen and oxygen atoms in total. The predicted molar refractivity (Wildman–Crippen MR) is 71.5 cm³/mol. The summed E-state index contributed by atoms with van der Waals surface area (Å²) in [7, 11) is 0. The quantitative estimate of drug-likeness (QED) is 0.810. The Bertz CT molecular complexity index is 580. The number of anilines is 1. The average molecular weight is 246 g/mol. The first-order valence-electron chi connectivity index (χ1n) is 5.85. The number of rotatable bonds is 1. The maximum Gasteiger partial charge on any atom is 0.229 e. The lowest BCUT2D eigenvalue weighted by Gasteiger charge is -2.22. The lowest BCUT2D eigenvalue weighted by molar-refractivity contribution is 0.436. The van der Waals surface area contributed by atoms with Crippen LogP contribution in [0.1, 0.15) is 31.9 Å². The van der Waals surface area contributed by atoms with Crippen molar-refractivity contribution in [2.24, 2.45) is 0 Å². The minimum absolute atomic E-state index is 0.142. The number of hydrogen-bond acceptors (Lipinski definition) is 4. The molecular weight excluding hydrogens is 228 g/mol. The summed E-state index contributed by atoms with van der Waals surface area (Å²) >= 11 is 0. The van der Waals surface area contributed by atoms with E-state index in [1.807, 2.05) is 19.1 Å². The molecule has 0 aliphatic rings. The lowest BCUT2D eigenvalue weighted by atomic mass is 9.83. The van der Waals surface area contributed by atoms with Crippen molar-refractivity contribution in [3.8, 4) is 16.9 Å². The molecule has 0 unspecified atom stereocenters. The van der Waals surface area contributed by atoms with Gasteiger partial charge >= 0.3 is 0 Å². The first kappa shape index (κ1) is 12.5. The van der Waals surface area contributed by atoms with Gasteiger partial charge in [-0.2, -0.15) is 0 Å². The van der Waals surface area contributed by atoms with Gasteiger partial charge in [0.2, 0.25) is 5.88 Å². The van der Waals surface area contributed by atoms with Gasteiger partial charge in [-0.15, -0.1) is 0 Å². The number of aromatic hydroxyl groups is 1. The zero-order chi connectivity index (χ0) is 13.5. The normalized spacial score (nSPS) is 11.8. The number of phenolic OH excluding ortho intramolecular Hbond substituents is 1. The fourth-order valence-electron chi connectivity index (χ4n) is 1.97. The number of phenols is 1. The second-order valence-corrected chi connectivity index (χ2v) is 5.54. The molecule has 0 radical (unpaired) electrons. The predicted octanol–water partition coefficient (Wildman–Crippen LogP) is 3.24. The molecule has 0 fully saturated rings. The van der Waals surface area contributed by atoms with E-state index in [0.29, 0.717) is 11.6 Å². The molecule has 0 spiro atoms. The molecule has 2 aromatic rings. The van der Waals surface area contributed by atoms with Crippen LogP contribution in [0.2, 0.25) is 0 Å². The zero-order valence-corrected chi connectivity index (χ0v) is 11.1. The van der Waals surface area contributed by atoms with Crippen LogP contribution in [0.25, 0.3) is 11.1 Å². The van der Waals surface area contributed by atoms with Gasteiger partial charge in [0, 0.05) is 5.56 Å². The number of nitrogens with two attached hydrogens (primary N) is 1. The fourth-order valence-corrected chi connectivity index (χ4v) is 1.97. The molecule has 96 valence electrons. The summed E-state index contributed by atoms with van der Waals surface area (Å²) in [5.41, 5.74) is 8.96. The Hall–Kier alpha value is -1.97. The Morgan fingerprint density at radius 3 is 2.44 bits per heavy atom. The molecule has 0 atom stereocenters. The van der Waals surface area contributed by atoms with Gasteiger partial charge in [0.15, 0.2) is 0 Å². The monoisotopic (exact) mass is 246 g/mol. The van der Waals surface area contributed by atoms with Crippen molar-refractivity contribution in [3.05, 3.63) is 29.5 Å². The Morgan fingerprint density at radius 2 is 1.94 bits per heavy atom. The van der Waals surface area contributed by atoms with Crippen molar-refractivity contribution in [2.45, 2.75) is 33.1 Å². The highest BCUT2D eigenvalue weighted by molar-refractivity contribution is 5.74. The molecule has 0 bridgehead atoms. The van der Waals surface area contributed by atoms with Gasteiger partial charge in [-0.1, -0.05) is 25.9 Å². The van der Waals surface area contributed by atoms with Gasteiger partial charge in [0.05, 0.1) is 11.8 Å². The van der Waals surface area contributed by atoms with Gasteiger partial charge in [0.25, 0.3) is 0 Å². The Labute approximate surface area is 106 Å². The van der Waals surface area contributed by atoms with E-state index in [0.717, 1.165) is 22.3 Å². The summed E-state index contributed by atoms with van der Waals surface area (Å²) in [5.74, 6) is 0.626. The molecule has 0 saturated heterocycles. The van der Waals surface area contributed by atoms with Crippen molar-refractivity contribution < 1.29 is 9.63 Å². The van der Waals surface area contributed by atoms with Crippen LogP contribution in [0, 0.1) is 6.92 Å². The maximum absolute atomic E-state index is 10.2. The van der Waals surface area contributed by atoms with Crippen molar-refractivity contribution in [3.63, 3.8) is 0 Å². The van der Waals surface area contributed by atoms with Crippen molar-refractivity contribution in [2.75, 3.05) is 5.73 Å². The van der Waals surface area contributed by atoms with E-state index in [2.05, 4.69) is 25.9 Å². The van der Waals surface area contributed by atoms with Gasteiger partial charge in [0.1, 0.15) is 5.75 Å². The summed E-state index contributed by atoms with van der Waals surface area (Å²) in [4.78, 5) is 0. The standard InChI is InChI=1S/C14H18N2O2/c1-8-5-9(10-7-16-18-13(10)15)6-11(12(8)17)14(2,3)4/h5-7,17H,15H2,1-4H3. The van der Waals surface area contributed by atoms with Gasteiger partial charge < -0.3 is 15.4 Å². The van der Waals surface area contributed by atoms with Crippen LogP contribution in [0.15, 0.2) is 22.9 Å².